The molecule has 0 aliphatic rings. The molecule has 2 aromatic carbocycles. The lowest BCUT2D eigenvalue weighted by Gasteiger charge is -2.18. The molecule has 2 rings (SSSR count). The Morgan fingerprint density at radius 3 is 2.39 bits per heavy atom. The zero-order valence-corrected chi connectivity index (χ0v) is 14.1. The number of hydrogen-bond acceptors (Lipinski definition) is 2. The fourth-order valence-electron chi connectivity index (χ4n) is 2.45. The van der Waals surface area contributed by atoms with Crippen molar-refractivity contribution in [3.8, 4) is 5.75 Å². The van der Waals surface area contributed by atoms with E-state index in [4.69, 9.17) is 4.74 Å². The first-order chi connectivity index (χ1) is 11.1. The molecule has 0 saturated heterocycles. The Hall–Kier alpha value is -2.29. The van der Waals surface area contributed by atoms with Gasteiger partial charge in [-0.25, -0.2) is 0 Å². The summed E-state index contributed by atoms with van der Waals surface area (Å²) < 4.78 is 5.82. The number of rotatable bonds is 7. The molecule has 122 valence electrons. The van der Waals surface area contributed by atoms with Crippen molar-refractivity contribution in [1.82, 2.24) is 5.32 Å². The molecular weight excluding hydrogens is 286 g/mol. The van der Waals surface area contributed by atoms with Crippen molar-refractivity contribution in [2.24, 2.45) is 0 Å². The van der Waals surface area contributed by atoms with E-state index in [2.05, 4.69) is 31.3 Å². The molecule has 3 heteroatoms. The van der Waals surface area contributed by atoms with E-state index in [1.165, 1.54) is 5.56 Å². The summed E-state index contributed by atoms with van der Waals surface area (Å²) >= 11 is 0. The van der Waals surface area contributed by atoms with Crippen LogP contribution in [-0.2, 0) is 11.2 Å². The van der Waals surface area contributed by atoms with Gasteiger partial charge in [-0.3, -0.25) is 4.79 Å². The van der Waals surface area contributed by atoms with Crippen LogP contribution in [0.15, 0.2) is 54.6 Å². The first-order valence-corrected chi connectivity index (χ1v) is 8.19. The molecule has 0 heterocycles. The van der Waals surface area contributed by atoms with Gasteiger partial charge in [-0.1, -0.05) is 62.4 Å². The van der Waals surface area contributed by atoms with E-state index in [0.29, 0.717) is 6.54 Å². The van der Waals surface area contributed by atoms with Crippen molar-refractivity contribution in [1.29, 1.82) is 0 Å². The minimum atomic E-state index is -0.509. The van der Waals surface area contributed by atoms with Crippen LogP contribution in [0.4, 0.5) is 0 Å². The fraction of sp³-hybridized carbons (Fsp3) is 0.350. The van der Waals surface area contributed by atoms with E-state index < -0.39 is 6.10 Å². The van der Waals surface area contributed by atoms with Gasteiger partial charge in [0.15, 0.2) is 6.10 Å². The highest BCUT2D eigenvalue weighted by atomic mass is 16.5. The van der Waals surface area contributed by atoms with Crippen molar-refractivity contribution in [3.63, 3.8) is 0 Å². The quantitative estimate of drug-likeness (QED) is 0.841. The fourth-order valence-corrected chi connectivity index (χ4v) is 2.45. The minimum Gasteiger partial charge on any atom is -0.481 e. The van der Waals surface area contributed by atoms with Crippen LogP contribution in [0.5, 0.6) is 5.75 Å². The summed E-state index contributed by atoms with van der Waals surface area (Å²) in [5, 5.41) is 2.97. The Bertz CT molecular complexity index is 625. The summed E-state index contributed by atoms with van der Waals surface area (Å²) in [7, 11) is 0. The minimum absolute atomic E-state index is 0.0845. The van der Waals surface area contributed by atoms with Crippen molar-refractivity contribution >= 4 is 5.91 Å². The molecule has 23 heavy (non-hydrogen) atoms. The van der Waals surface area contributed by atoms with E-state index in [0.717, 1.165) is 17.7 Å². The van der Waals surface area contributed by atoms with Crippen molar-refractivity contribution in [2.75, 3.05) is 6.54 Å². The SMILES string of the molecule is CCc1ccccc1O[C@H](C)C(=O)NC[C@@H](C)c1ccccc1. The monoisotopic (exact) mass is 311 g/mol. The highest BCUT2D eigenvalue weighted by Gasteiger charge is 2.16. The molecular formula is C20H25NO2. The number of benzene rings is 2. The Morgan fingerprint density at radius 1 is 1.04 bits per heavy atom. The van der Waals surface area contributed by atoms with Gasteiger partial charge in [-0.15, -0.1) is 0 Å². The van der Waals surface area contributed by atoms with Crippen LogP contribution in [0.1, 0.15) is 37.8 Å². The Morgan fingerprint density at radius 2 is 1.70 bits per heavy atom. The van der Waals surface area contributed by atoms with Gasteiger partial charge in [-0.2, -0.15) is 0 Å². The summed E-state index contributed by atoms with van der Waals surface area (Å²) in [5.74, 6) is 0.975. The third kappa shape index (κ3) is 4.85. The molecule has 0 radical (unpaired) electrons. The molecule has 0 bridgehead atoms. The molecule has 3 nitrogen and oxygen atoms in total. The molecule has 0 aliphatic heterocycles. The Kier molecular flexibility index (Phi) is 6.21. The van der Waals surface area contributed by atoms with Crippen LogP contribution in [0.3, 0.4) is 0 Å². The van der Waals surface area contributed by atoms with Crippen molar-refractivity contribution < 1.29 is 9.53 Å². The predicted octanol–water partition coefficient (Wildman–Crippen LogP) is 3.94. The molecule has 0 fully saturated rings. The molecule has 1 amide bonds. The molecule has 0 aliphatic carbocycles. The number of carbonyl (C=O) groups is 1. The highest BCUT2D eigenvalue weighted by molar-refractivity contribution is 5.80. The van der Waals surface area contributed by atoms with Crippen LogP contribution in [0, 0.1) is 0 Å². The molecule has 0 aromatic heterocycles. The summed E-state index contributed by atoms with van der Waals surface area (Å²) in [6.07, 6.45) is 0.376. The van der Waals surface area contributed by atoms with Crippen LogP contribution >= 0.6 is 0 Å². The normalized spacial score (nSPS) is 13.2. The second-order valence-electron chi connectivity index (χ2n) is 5.78. The smallest absolute Gasteiger partial charge is 0.260 e. The maximum absolute atomic E-state index is 12.2. The molecule has 2 aromatic rings. The largest absolute Gasteiger partial charge is 0.481 e. The van der Waals surface area contributed by atoms with Gasteiger partial charge < -0.3 is 10.1 Å². The van der Waals surface area contributed by atoms with E-state index in [1.54, 1.807) is 6.92 Å². The third-order valence-electron chi connectivity index (χ3n) is 3.98. The number of amides is 1. The standard InChI is InChI=1S/C20H25NO2/c1-4-17-10-8-9-13-19(17)23-16(3)20(22)21-14-15(2)18-11-6-5-7-12-18/h5-13,15-16H,4,14H2,1-3H3,(H,21,22)/t15-,16-/m1/s1. The van der Waals surface area contributed by atoms with Gasteiger partial charge in [0.05, 0.1) is 0 Å². The zero-order valence-electron chi connectivity index (χ0n) is 14.1. The number of para-hydroxylation sites is 1. The van der Waals surface area contributed by atoms with Gasteiger partial charge in [0, 0.05) is 6.54 Å². The van der Waals surface area contributed by atoms with Crippen LogP contribution in [0.25, 0.3) is 0 Å². The molecule has 1 N–H and O–H groups in total. The molecule has 0 spiro atoms. The van der Waals surface area contributed by atoms with Crippen molar-refractivity contribution in [3.05, 3.63) is 65.7 Å². The lowest BCUT2D eigenvalue weighted by Crippen LogP contribution is -2.38. The first-order valence-electron chi connectivity index (χ1n) is 8.19. The Balaban J connectivity index is 1.88. The average Bonchev–Trinajstić information content (AvgIpc) is 2.60. The van der Waals surface area contributed by atoms with Crippen LogP contribution in [-0.4, -0.2) is 18.6 Å². The average molecular weight is 311 g/mol. The molecule has 0 saturated carbocycles. The highest BCUT2D eigenvalue weighted by Crippen LogP contribution is 2.20. The Labute approximate surface area is 138 Å². The summed E-state index contributed by atoms with van der Waals surface area (Å²) in [4.78, 5) is 12.2. The number of hydrogen-bond donors (Lipinski definition) is 1. The third-order valence-corrected chi connectivity index (χ3v) is 3.98. The zero-order chi connectivity index (χ0) is 16.7. The number of ether oxygens (including phenoxy) is 1. The van der Waals surface area contributed by atoms with E-state index in [1.807, 2.05) is 42.5 Å². The topological polar surface area (TPSA) is 38.3 Å². The summed E-state index contributed by atoms with van der Waals surface area (Å²) in [6.45, 7) is 6.57. The van der Waals surface area contributed by atoms with Crippen LogP contribution < -0.4 is 10.1 Å². The lowest BCUT2D eigenvalue weighted by atomic mass is 10.0. The van der Waals surface area contributed by atoms with Gasteiger partial charge in [0.2, 0.25) is 0 Å². The maximum Gasteiger partial charge on any atom is 0.260 e. The summed E-state index contributed by atoms with van der Waals surface area (Å²) in [5.41, 5.74) is 2.34. The van der Waals surface area contributed by atoms with E-state index in [9.17, 15) is 4.79 Å². The summed E-state index contributed by atoms with van der Waals surface area (Å²) in [6, 6.07) is 18.0. The molecule has 0 unspecified atom stereocenters. The van der Waals surface area contributed by atoms with E-state index in [-0.39, 0.29) is 11.8 Å². The lowest BCUT2D eigenvalue weighted by molar-refractivity contribution is -0.127. The second-order valence-corrected chi connectivity index (χ2v) is 5.78. The number of nitrogens with one attached hydrogen (secondary N) is 1. The maximum atomic E-state index is 12.2. The number of aryl methyl sites for hydroxylation is 1. The molecule has 2 atom stereocenters. The predicted molar refractivity (Wildman–Crippen MR) is 93.8 cm³/mol. The van der Waals surface area contributed by atoms with Gasteiger partial charge in [0.25, 0.3) is 5.91 Å². The van der Waals surface area contributed by atoms with Gasteiger partial charge in [-0.05, 0) is 36.5 Å². The number of carbonyl (C=O) groups excluding carboxylic acids is 1. The van der Waals surface area contributed by atoms with Crippen molar-refractivity contribution in [2.45, 2.75) is 39.2 Å². The first kappa shape index (κ1) is 17.1. The van der Waals surface area contributed by atoms with Gasteiger partial charge >= 0.3 is 0 Å². The van der Waals surface area contributed by atoms with Crippen LogP contribution in [0.2, 0.25) is 0 Å². The van der Waals surface area contributed by atoms with E-state index >= 15 is 0 Å². The second kappa shape index (κ2) is 8.37. The van der Waals surface area contributed by atoms with Gasteiger partial charge in [0.1, 0.15) is 5.75 Å².